The molecule has 0 spiro atoms. The lowest BCUT2D eigenvalue weighted by Crippen LogP contribution is -2.49. The normalized spacial score (nSPS) is 17.2. The summed E-state index contributed by atoms with van der Waals surface area (Å²) in [6.07, 6.45) is 4.18. The first-order chi connectivity index (χ1) is 14.2. The summed E-state index contributed by atoms with van der Waals surface area (Å²) in [5.74, 6) is 0.983. The highest BCUT2D eigenvalue weighted by atomic mass is 16.2. The molecule has 0 unspecified atom stereocenters. The molecule has 2 saturated heterocycles. The number of amides is 2. The molecule has 2 aliphatic heterocycles. The van der Waals surface area contributed by atoms with Crippen molar-refractivity contribution in [3.8, 4) is 6.07 Å². The molecule has 1 N–H and O–H groups in total. The van der Waals surface area contributed by atoms with Gasteiger partial charge in [-0.2, -0.15) is 5.26 Å². The summed E-state index contributed by atoms with van der Waals surface area (Å²) >= 11 is 0. The zero-order valence-corrected chi connectivity index (χ0v) is 16.5. The second kappa shape index (κ2) is 8.93. The van der Waals surface area contributed by atoms with E-state index in [2.05, 4.69) is 26.2 Å². The number of benzene rings is 1. The van der Waals surface area contributed by atoms with Crippen LogP contribution in [0.5, 0.6) is 0 Å². The number of nitrogens with zero attached hydrogens (tertiary/aromatic N) is 5. The van der Waals surface area contributed by atoms with Crippen molar-refractivity contribution in [2.45, 2.75) is 19.4 Å². The number of carbonyl (C=O) groups is 1. The van der Waals surface area contributed by atoms with Crippen molar-refractivity contribution in [1.82, 2.24) is 14.8 Å². The van der Waals surface area contributed by atoms with E-state index in [1.807, 2.05) is 41.3 Å². The maximum Gasteiger partial charge on any atom is 0.321 e. The topological polar surface area (TPSA) is 75.5 Å². The highest BCUT2D eigenvalue weighted by molar-refractivity contribution is 5.89. The third-order valence-corrected chi connectivity index (χ3v) is 5.58. The van der Waals surface area contributed by atoms with E-state index in [1.165, 1.54) is 18.4 Å². The summed E-state index contributed by atoms with van der Waals surface area (Å²) in [4.78, 5) is 23.5. The first-order valence-corrected chi connectivity index (χ1v) is 10.2. The quantitative estimate of drug-likeness (QED) is 0.869. The van der Waals surface area contributed by atoms with Gasteiger partial charge in [0.05, 0.1) is 23.5 Å². The van der Waals surface area contributed by atoms with Crippen molar-refractivity contribution in [2.75, 3.05) is 49.5 Å². The van der Waals surface area contributed by atoms with Crippen molar-refractivity contribution in [2.24, 2.45) is 0 Å². The minimum absolute atomic E-state index is 0.0706. The number of pyridine rings is 1. The first-order valence-electron chi connectivity index (χ1n) is 10.2. The molecule has 2 amide bonds. The molecule has 2 aromatic rings. The van der Waals surface area contributed by atoms with Gasteiger partial charge in [0.25, 0.3) is 0 Å². The van der Waals surface area contributed by atoms with E-state index in [0.29, 0.717) is 18.7 Å². The van der Waals surface area contributed by atoms with Crippen LogP contribution in [0.15, 0.2) is 42.6 Å². The number of rotatable bonds is 4. The van der Waals surface area contributed by atoms with Gasteiger partial charge < -0.3 is 15.1 Å². The van der Waals surface area contributed by atoms with Gasteiger partial charge in [0.2, 0.25) is 0 Å². The van der Waals surface area contributed by atoms with Gasteiger partial charge in [-0.05, 0) is 42.7 Å². The summed E-state index contributed by atoms with van der Waals surface area (Å²) in [6, 6.07) is 13.7. The third kappa shape index (κ3) is 4.84. The van der Waals surface area contributed by atoms with Crippen LogP contribution < -0.4 is 10.2 Å². The van der Waals surface area contributed by atoms with Crippen molar-refractivity contribution in [1.29, 1.82) is 5.26 Å². The smallest absolute Gasteiger partial charge is 0.321 e. The molecule has 3 heterocycles. The van der Waals surface area contributed by atoms with Gasteiger partial charge >= 0.3 is 6.03 Å². The Morgan fingerprint density at radius 2 is 1.72 bits per heavy atom. The van der Waals surface area contributed by atoms with Crippen LogP contribution in [0.2, 0.25) is 0 Å². The Balaban J connectivity index is 1.24. The van der Waals surface area contributed by atoms with E-state index in [9.17, 15) is 4.79 Å². The van der Waals surface area contributed by atoms with E-state index >= 15 is 0 Å². The number of nitrogens with one attached hydrogen (secondary N) is 1. The van der Waals surface area contributed by atoms with E-state index in [4.69, 9.17) is 5.26 Å². The number of aromatic nitrogens is 1. The lowest BCUT2D eigenvalue weighted by molar-refractivity contribution is 0.143. The molecule has 0 atom stereocenters. The predicted octanol–water partition coefficient (Wildman–Crippen LogP) is 2.90. The van der Waals surface area contributed by atoms with Gasteiger partial charge in [0.15, 0.2) is 0 Å². The van der Waals surface area contributed by atoms with Crippen molar-refractivity contribution < 1.29 is 4.79 Å². The Kier molecular flexibility index (Phi) is 5.92. The van der Waals surface area contributed by atoms with Gasteiger partial charge in [0.1, 0.15) is 5.82 Å². The molecule has 29 heavy (non-hydrogen) atoms. The van der Waals surface area contributed by atoms with Crippen LogP contribution in [0.3, 0.4) is 0 Å². The van der Waals surface area contributed by atoms with Gasteiger partial charge in [0, 0.05) is 45.8 Å². The van der Waals surface area contributed by atoms with Crippen LogP contribution in [0, 0.1) is 11.3 Å². The van der Waals surface area contributed by atoms with Crippen LogP contribution in [0.1, 0.15) is 24.0 Å². The average Bonchev–Trinajstić information content (AvgIpc) is 3.30. The number of nitriles is 1. The molecule has 4 rings (SSSR count). The summed E-state index contributed by atoms with van der Waals surface area (Å²) in [7, 11) is 0. The molecule has 1 aromatic carbocycles. The van der Waals surface area contributed by atoms with Gasteiger partial charge in [-0.15, -0.1) is 0 Å². The maximum absolute atomic E-state index is 12.6. The molecule has 7 nitrogen and oxygen atoms in total. The number of hydrogen-bond donors (Lipinski definition) is 1. The Morgan fingerprint density at radius 1 is 1.00 bits per heavy atom. The lowest BCUT2D eigenvalue weighted by Gasteiger charge is -2.34. The third-order valence-electron chi connectivity index (χ3n) is 5.58. The summed E-state index contributed by atoms with van der Waals surface area (Å²) in [5.41, 5.74) is 2.60. The molecule has 2 fully saturated rings. The lowest BCUT2D eigenvalue weighted by atomic mass is 10.1. The molecule has 1 aromatic heterocycles. The van der Waals surface area contributed by atoms with Crippen LogP contribution in [0.25, 0.3) is 0 Å². The van der Waals surface area contributed by atoms with E-state index in [1.54, 1.807) is 6.20 Å². The molecule has 0 radical (unpaired) electrons. The summed E-state index contributed by atoms with van der Waals surface area (Å²) in [5, 5.41) is 11.9. The number of carbonyl (C=O) groups excluding carboxylic acids is 1. The monoisotopic (exact) mass is 390 g/mol. The van der Waals surface area contributed by atoms with Crippen molar-refractivity contribution in [3.05, 3.63) is 53.7 Å². The fourth-order valence-corrected chi connectivity index (χ4v) is 3.85. The van der Waals surface area contributed by atoms with E-state index in [0.717, 1.165) is 44.2 Å². The SMILES string of the molecule is N#Cc1ccc(CN2CCN(C(=O)Nc3ccc(N4CCCC4)nc3)CC2)cc1. The fourth-order valence-electron chi connectivity index (χ4n) is 3.85. The molecule has 7 heteroatoms. The van der Waals surface area contributed by atoms with Crippen LogP contribution >= 0.6 is 0 Å². The second-order valence-corrected chi connectivity index (χ2v) is 7.60. The van der Waals surface area contributed by atoms with Gasteiger partial charge in [-0.3, -0.25) is 4.90 Å². The Labute approximate surface area is 171 Å². The molecular formula is C22H26N6O. The standard InChI is InChI=1S/C22H26N6O/c23-15-18-3-5-19(6-4-18)17-26-11-13-28(14-12-26)22(29)25-20-7-8-21(24-16-20)27-9-1-2-10-27/h3-8,16H,1-2,9-14,17H2,(H,25,29). The van der Waals surface area contributed by atoms with Gasteiger partial charge in [-0.1, -0.05) is 12.1 Å². The summed E-state index contributed by atoms with van der Waals surface area (Å²) in [6.45, 7) is 6.02. The van der Waals surface area contributed by atoms with Crippen LogP contribution in [-0.4, -0.2) is 60.1 Å². The van der Waals surface area contributed by atoms with Crippen LogP contribution in [0.4, 0.5) is 16.3 Å². The maximum atomic E-state index is 12.6. The molecular weight excluding hydrogens is 364 g/mol. The predicted molar refractivity (Wildman–Crippen MR) is 113 cm³/mol. The number of anilines is 2. The molecule has 2 aliphatic rings. The number of piperazine rings is 1. The number of urea groups is 1. The average molecular weight is 390 g/mol. The largest absolute Gasteiger partial charge is 0.357 e. The molecule has 150 valence electrons. The Morgan fingerprint density at radius 3 is 2.34 bits per heavy atom. The highest BCUT2D eigenvalue weighted by Crippen LogP contribution is 2.19. The molecule has 0 bridgehead atoms. The summed E-state index contributed by atoms with van der Waals surface area (Å²) < 4.78 is 0. The fraction of sp³-hybridized carbons (Fsp3) is 0.409. The van der Waals surface area contributed by atoms with Crippen molar-refractivity contribution >= 4 is 17.5 Å². The van der Waals surface area contributed by atoms with Crippen LogP contribution in [-0.2, 0) is 6.54 Å². The van der Waals surface area contributed by atoms with Crippen molar-refractivity contribution in [3.63, 3.8) is 0 Å². The first kappa shape index (κ1) is 19.2. The highest BCUT2D eigenvalue weighted by Gasteiger charge is 2.21. The minimum atomic E-state index is -0.0706. The zero-order chi connectivity index (χ0) is 20.1. The molecule has 0 aliphatic carbocycles. The zero-order valence-electron chi connectivity index (χ0n) is 16.5. The second-order valence-electron chi connectivity index (χ2n) is 7.60. The minimum Gasteiger partial charge on any atom is -0.357 e. The Hall–Kier alpha value is -3.11. The van der Waals surface area contributed by atoms with E-state index in [-0.39, 0.29) is 6.03 Å². The molecule has 0 saturated carbocycles. The van der Waals surface area contributed by atoms with Gasteiger partial charge in [-0.25, -0.2) is 9.78 Å². The van der Waals surface area contributed by atoms with E-state index < -0.39 is 0 Å². The number of hydrogen-bond acceptors (Lipinski definition) is 5. The Bertz CT molecular complexity index is 860.